The van der Waals surface area contributed by atoms with Gasteiger partial charge in [0.2, 0.25) is 0 Å². The highest BCUT2D eigenvalue weighted by Gasteiger charge is 2.13. The van der Waals surface area contributed by atoms with Crippen LogP contribution in [0.3, 0.4) is 0 Å². The fraction of sp³-hybridized carbons (Fsp3) is 0.176. The zero-order valence-corrected chi connectivity index (χ0v) is 14.6. The summed E-state index contributed by atoms with van der Waals surface area (Å²) in [6.45, 7) is 0.397. The zero-order chi connectivity index (χ0) is 18.2. The minimum atomic E-state index is -0.412. The Morgan fingerprint density at radius 3 is 2.44 bits per heavy atom. The summed E-state index contributed by atoms with van der Waals surface area (Å²) in [6.07, 6.45) is 0. The third kappa shape index (κ3) is 5.32. The summed E-state index contributed by atoms with van der Waals surface area (Å²) >= 11 is 5.09. The molecule has 2 rings (SSSR count). The Labute approximate surface area is 150 Å². The average Bonchev–Trinajstić information content (AvgIpc) is 2.65. The first-order valence-corrected chi connectivity index (χ1v) is 7.75. The highest BCUT2D eigenvalue weighted by Crippen LogP contribution is 2.24. The van der Waals surface area contributed by atoms with Crippen molar-refractivity contribution in [2.24, 2.45) is 0 Å². The van der Waals surface area contributed by atoms with E-state index in [0.717, 1.165) is 5.56 Å². The summed E-state index contributed by atoms with van der Waals surface area (Å²) < 4.78 is 23.1. The van der Waals surface area contributed by atoms with Crippen molar-refractivity contribution in [3.05, 3.63) is 59.4 Å². The van der Waals surface area contributed by atoms with E-state index in [9.17, 15) is 9.18 Å². The number of amides is 1. The summed E-state index contributed by atoms with van der Waals surface area (Å²) in [4.78, 5) is 12.2. The van der Waals surface area contributed by atoms with Gasteiger partial charge < -0.3 is 14.8 Å². The molecule has 0 spiro atoms. The Hall–Kier alpha value is -2.87. The number of ether oxygens (including phenoxy) is 2. The SMILES string of the molecule is COc1ccc(C(=O)NNC(=S)NCc2ccc(F)cc2)c(OC)c1. The molecule has 0 radical (unpaired) electrons. The summed E-state index contributed by atoms with van der Waals surface area (Å²) in [7, 11) is 3.00. The van der Waals surface area contributed by atoms with Crippen LogP contribution in [0, 0.1) is 5.82 Å². The lowest BCUT2D eigenvalue weighted by Gasteiger charge is -2.13. The lowest BCUT2D eigenvalue weighted by atomic mass is 10.2. The molecule has 1 amide bonds. The van der Waals surface area contributed by atoms with Crippen LogP contribution < -0.4 is 25.6 Å². The van der Waals surface area contributed by atoms with Gasteiger partial charge in [0.05, 0.1) is 19.8 Å². The quantitative estimate of drug-likeness (QED) is 0.559. The smallest absolute Gasteiger partial charge is 0.273 e. The van der Waals surface area contributed by atoms with Crippen molar-refractivity contribution in [3.63, 3.8) is 0 Å². The third-order valence-corrected chi connectivity index (χ3v) is 3.56. The Morgan fingerprint density at radius 2 is 1.80 bits per heavy atom. The standard InChI is InChI=1S/C17H18FN3O3S/c1-23-13-7-8-14(15(9-13)24-2)16(22)20-21-17(25)19-10-11-3-5-12(18)6-4-11/h3-9H,10H2,1-2H3,(H,20,22)(H2,19,21,25). The average molecular weight is 363 g/mol. The maximum atomic E-state index is 12.8. The Balaban J connectivity index is 1.86. The summed E-state index contributed by atoms with van der Waals surface area (Å²) in [5.41, 5.74) is 6.27. The predicted molar refractivity (Wildman–Crippen MR) is 96.0 cm³/mol. The van der Waals surface area contributed by atoms with Gasteiger partial charge in [-0.2, -0.15) is 0 Å². The number of methoxy groups -OCH3 is 2. The van der Waals surface area contributed by atoms with Gasteiger partial charge in [-0.15, -0.1) is 0 Å². The fourth-order valence-electron chi connectivity index (χ4n) is 2.00. The van der Waals surface area contributed by atoms with Crippen LogP contribution in [0.25, 0.3) is 0 Å². The lowest BCUT2D eigenvalue weighted by molar-refractivity contribution is 0.0940. The summed E-state index contributed by atoms with van der Waals surface area (Å²) in [5.74, 6) is 0.247. The van der Waals surface area contributed by atoms with Crippen LogP contribution in [0.5, 0.6) is 11.5 Å². The van der Waals surface area contributed by atoms with Crippen molar-refractivity contribution in [1.29, 1.82) is 0 Å². The first-order valence-electron chi connectivity index (χ1n) is 7.34. The van der Waals surface area contributed by atoms with Crippen LogP contribution in [-0.4, -0.2) is 25.2 Å². The maximum Gasteiger partial charge on any atom is 0.273 e. The molecule has 0 saturated carbocycles. The molecule has 0 aliphatic carbocycles. The molecule has 0 heterocycles. The minimum Gasteiger partial charge on any atom is -0.497 e. The molecule has 0 saturated heterocycles. The largest absolute Gasteiger partial charge is 0.497 e. The van der Waals surface area contributed by atoms with Gasteiger partial charge in [-0.3, -0.25) is 15.6 Å². The second-order valence-corrected chi connectivity index (χ2v) is 5.36. The minimum absolute atomic E-state index is 0.227. The van der Waals surface area contributed by atoms with E-state index in [1.807, 2.05) is 0 Å². The van der Waals surface area contributed by atoms with Crippen LogP contribution in [0.4, 0.5) is 4.39 Å². The number of halogens is 1. The molecule has 2 aromatic carbocycles. The van der Waals surface area contributed by atoms with Crippen molar-refractivity contribution >= 4 is 23.2 Å². The molecule has 0 unspecified atom stereocenters. The topological polar surface area (TPSA) is 71.6 Å². The molecule has 0 aliphatic rings. The van der Waals surface area contributed by atoms with Crippen molar-refractivity contribution < 1.29 is 18.7 Å². The molecule has 0 aliphatic heterocycles. The molecule has 8 heteroatoms. The van der Waals surface area contributed by atoms with Gasteiger partial charge in [0.25, 0.3) is 5.91 Å². The Kier molecular flexibility index (Phi) is 6.53. The summed E-state index contributed by atoms with van der Waals surface area (Å²) in [6, 6.07) is 10.9. The van der Waals surface area contributed by atoms with Crippen LogP contribution in [0.15, 0.2) is 42.5 Å². The highest BCUT2D eigenvalue weighted by molar-refractivity contribution is 7.80. The van der Waals surface area contributed by atoms with Crippen molar-refractivity contribution in [2.45, 2.75) is 6.54 Å². The van der Waals surface area contributed by atoms with E-state index in [-0.39, 0.29) is 10.9 Å². The van der Waals surface area contributed by atoms with E-state index in [4.69, 9.17) is 21.7 Å². The number of benzene rings is 2. The third-order valence-electron chi connectivity index (χ3n) is 3.31. The van der Waals surface area contributed by atoms with Crippen LogP contribution in [0.2, 0.25) is 0 Å². The second-order valence-electron chi connectivity index (χ2n) is 4.95. The number of thiocarbonyl (C=S) groups is 1. The van der Waals surface area contributed by atoms with Gasteiger partial charge >= 0.3 is 0 Å². The lowest BCUT2D eigenvalue weighted by Crippen LogP contribution is -2.46. The van der Waals surface area contributed by atoms with Crippen molar-refractivity contribution in [3.8, 4) is 11.5 Å². The van der Waals surface area contributed by atoms with E-state index in [0.29, 0.717) is 23.6 Å². The maximum absolute atomic E-state index is 12.8. The fourth-order valence-corrected chi connectivity index (χ4v) is 2.12. The zero-order valence-electron chi connectivity index (χ0n) is 13.8. The second kappa shape index (κ2) is 8.84. The van der Waals surface area contributed by atoms with Gasteiger partial charge in [-0.05, 0) is 42.0 Å². The molecular formula is C17H18FN3O3S. The first kappa shape index (κ1) is 18.5. The van der Waals surface area contributed by atoms with E-state index >= 15 is 0 Å². The molecule has 0 bridgehead atoms. The van der Waals surface area contributed by atoms with Gasteiger partial charge in [-0.25, -0.2) is 4.39 Å². The number of nitrogens with one attached hydrogen (secondary N) is 3. The molecule has 2 aromatic rings. The first-order chi connectivity index (χ1) is 12.0. The number of carbonyl (C=O) groups is 1. The van der Waals surface area contributed by atoms with Gasteiger partial charge in [0, 0.05) is 12.6 Å². The normalized spacial score (nSPS) is 9.88. The van der Waals surface area contributed by atoms with E-state index < -0.39 is 5.91 Å². The Bertz CT molecular complexity index is 753. The van der Waals surface area contributed by atoms with Crippen molar-refractivity contribution in [1.82, 2.24) is 16.2 Å². The molecule has 0 atom stereocenters. The molecule has 6 nitrogen and oxygen atoms in total. The highest BCUT2D eigenvalue weighted by atomic mass is 32.1. The Morgan fingerprint density at radius 1 is 1.08 bits per heavy atom. The number of hydrogen-bond donors (Lipinski definition) is 3. The van der Waals surface area contributed by atoms with Crippen LogP contribution in [-0.2, 0) is 6.54 Å². The molecule has 0 fully saturated rings. The van der Waals surface area contributed by atoms with Gasteiger partial charge in [0.15, 0.2) is 5.11 Å². The number of hydrogen-bond acceptors (Lipinski definition) is 4. The van der Waals surface area contributed by atoms with Crippen LogP contribution in [0.1, 0.15) is 15.9 Å². The van der Waals surface area contributed by atoms with E-state index in [2.05, 4.69) is 16.2 Å². The molecule has 0 aromatic heterocycles. The predicted octanol–water partition coefficient (Wildman–Crippen LogP) is 2.15. The van der Waals surface area contributed by atoms with Gasteiger partial charge in [-0.1, -0.05) is 12.1 Å². The van der Waals surface area contributed by atoms with Crippen molar-refractivity contribution in [2.75, 3.05) is 14.2 Å². The van der Waals surface area contributed by atoms with E-state index in [1.54, 1.807) is 30.3 Å². The molecular weight excluding hydrogens is 345 g/mol. The molecule has 132 valence electrons. The molecule has 25 heavy (non-hydrogen) atoms. The van der Waals surface area contributed by atoms with Crippen LogP contribution >= 0.6 is 12.2 Å². The monoisotopic (exact) mass is 363 g/mol. The number of hydrazine groups is 1. The number of carbonyl (C=O) groups excluding carboxylic acids is 1. The van der Waals surface area contributed by atoms with Gasteiger partial charge in [0.1, 0.15) is 17.3 Å². The molecule has 3 N–H and O–H groups in total. The van der Waals surface area contributed by atoms with E-state index in [1.165, 1.54) is 26.4 Å². The number of rotatable bonds is 5. The summed E-state index contributed by atoms with van der Waals surface area (Å²) in [5, 5.41) is 3.13.